The molecule has 0 saturated heterocycles. The van der Waals surface area contributed by atoms with E-state index in [1.54, 1.807) is 13.0 Å². The lowest BCUT2D eigenvalue weighted by Gasteiger charge is -2.16. The van der Waals surface area contributed by atoms with Crippen LogP contribution in [0.4, 0.5) is 24.5 Å². The van der Waals surface area contributed by atoms with Crippen LogP contribution in [-0.4, -0.2) is 37.9 Å². The lowest BCUT2D eigenvalue weighted by molar-refractivity contribution is -0.0436. The van der Waals surface area contributed by atoms with Crippen LogP contribution in [0, 0.1) is 6.92 Å². The second kappa shape index (κ2) is 10.6. The minimum absolute atomic E-state index is 0.00417. The number of anilines is 2. The van der Waals surface area contributed by atoms with Gasteiger partial charge in [0.25, 0.3) is 29.9 Å². The van der Waals surface area contributed by atoms with Crippen LogP contribution in [0.3, 0.4) is 0 Å². The van der Waals surface area contributed by atoms with Gasteiger partial charge in [-0.1, -0.05) is 23.7 Å². The van der Waals surface area contributed by atoms with E-state index >= 15 is 0 Å². The summed E-state index contributed by atoms with van der Waals surface area (Å²) < 4.78 is 126. The van der Waals surface area contributed by atoms with Gasteiger partial charge in [-0.25, -0.2) is 25.3 Å². The normalized spacial score (nSPS) is 14.3. The number of fused-ring (bicyclic) bond motifs is 1. The Morgan fingerprint density at radius 1 is 0.925 bits per heavy atom. The highest BCUT2D eigenvalue weighted by Gasteiger charge is 2.47. The van der Waals surface area contributed by atoms with Crippen molar-refractivity contribution in [2.45, 2.75) is 39.3 Å². The highest BCUT2D eigenvalue weighted by atomic mass is 35.5. The number of allylic oxidation sites excluding steroid dienone is 1. The van der Waals surface area contributed by atoms with Gasteiger partial charge in [0.05, 0.1) is 23.4 Å². The fourth-order valence-electron chi connectivity index (χ4n) is 3.87. The molecule has 2 aromatic carbocycles. The predicted molar refractivity (Wildman–Crippen MR) is 146 cm³/mol. The van der Waals surface area contributed by atoms with Gasteiger partial charge in [0, 0.05) is 9.91 Å². The van der Waals surface area contributed by atoms with E-state index in [9.17, 15) is 38.4 Å². The molecule has 1 aromatic heterocycles. The maximum atomic E-state index is 13.3. The van der Waals surface area contributed by atoms with Gasteiger partial charge in [-0.3, -0.25) is 9.44 Å². The van der Waals surface area contributed by atoms with E-state index in [-0.39, 0.29) is 15.6 Å². The molecule has 2 N–H and O–H groups in total. The zero-order valence-electron chi connectivity index (χ0n) is 20.5. The van der Waals surface area contributed by atoms with Gasteiger partial charge in [0.15, 0.2) is 0 Å². The van der Waals surface area contributed by atoms with Crippen LogP contribution < -0.4 is 14.2 Å². The summed E-state index contributed by atoms with van der Waals surface area (Å²) in [4.78, 5) is -1.40. The average Bonchev–Trinajstić information content (AvgIpc) is 3.20. The molecule has 1 heterocycles. The summed E-state index contributed by atoms with van der Waals surface area (Å²) in [5, 5.41) is 0.590. The van der Waals surface area contributed by atoms with E-state index in [0.29, 0.717) is 41.1 Å². The summed E-state index contributed by atoms with van der Waals surface area (Å²) in [5.74, 6) is -0.446. The van der Waals surface area contributed by atoms with Gasteiger partial charge < -0.3 is 4.74 Å². The van der Waals surface area contributed by atoms with Crippen molar-refractivity contribution in [1.29, 1.82) is 0 Å². The van der Waals surface area contributed by atoms with Crippen molar-refractivity contribution < 1.29 is 43.2 Å². The summed E-state index contributed by atoms with van der Waals surface area (Å²) in [6.45, 7) is 1.62. The molecular weight excluding hydrogens is 637 g/mol. The molecule has 0 radical (unpaired) electrons. The Morgan fingerprint density at radius 3 is 2.10 bits per heavy atom. The molecule has 0 atom stereocenters. The second-order valence-corrected chi connectivity index (χ2v) is 15.5. The minimum atomic E-state index is -5.88. The number of sulfone groups is 1. The number of rotatable bonds is 8. The van der Waals surface area contributed by atoms with Crippen LogP contribution >= 0.6 is 22.9 Å². The molecule has 216 valence electrons. The van der Waals surface area contributed by atoms with Gasteiger partial charge in [-0.2, -0.15) is 13.2 Å². The second-order valence-electron chi connectivity index (χ2n) is 8.46. The summed E-state index contributed by atoms with van der Waals surface area (Å²) in [6.07, 6.45) is 2.84. The lowest BCUT2D eigenvalue weighted by Crippen LogP contribution is -2.24. The number of thiophene rings is 1. The number of alkyl halides is 3. The molecule has 1 aliphatic rings. The van der Waals surface area contributed by atoms with E-state index in [0.717, 1.165) is 29.4 Å². The minimum Gasteiger partial charge on any atom is -0.495 e. The number of halogens is 4. The maximum absolute atomic E-state index is 13.3. The Morgan fingerprint density at radius 2 is 1.52 bits per heavy atom. The van der Waals surface area contributed by atoms with E-state index in [4.69, 9.17) is 16.3 Å². The van der Waals surface area contributed by atoms with Gasteiger partial charge in [0.2, 0.25) is 0 Å². The van der Waals surface area contributed by atoms with Crippen LogP contribution in [0.1, 0.15) is 22.4 Å². The molecule has 3 aromatic rings. The first kappa shape index (κ1) is 30.2. The van der Waals surface area contributed by atoms with Gasteiger partial charge >= 0.3 is 5.51 Å². The number of methoxy groups -OCH3 is 1. The number of sulfonamides is 2. The summed E-state index contributed by atoms with van der Waals surface area (Å²) in [6, 6.07) is 6.96. The smallest absolute Gasteiger partial charge is 0.495 e. The molecule has 4 rings (SSSR count). The molecule has 0 amide bonds. The van der Waals surface area contributed by atoms with Crippen LogP contribution in [-0.2, 0) is 36.3 Å². The largest absolute Gasteiger partial charge is 0.501 e. The number of aryl methyl sites for hydroxylation is 1. The van der Waals surface area contributed by atoms with Crippen molar-refractivity contribution in [2.24, 2.45) is 0 Å². The summed E-state index contributed by atoms with van der Waals surface area (Å²) in [5.41, 5.74) is -4.98. The van der Waals surface area contributed by atoms with Crippen molar-refractivity contribution in [1.82, 2.24) is 0 Å². The third kappa shape index (κ3) is 5.68. The first-order valence-corrected chi connectivity index (χ1v) is 16.7. The first-order chi connectivity index (χ1) is 18.5. The van der Waals surface area contributed by atoms with Gasteiger partial charge in [0.1, 0.15) is 14.9 Å². The third-order valence-corrected chi connectivity index (χ3v) is 12.3. The third-order valence-electron chi connectivity index (χ3n) is 5.82. The van der Waals surface area contributed by atoms with Crippen molar-refractivity contribution in [3.05, 3.63) is 63.5 Å². The Balaban J connectivity index is 1.72. The fraction of sp³-hybridized carbons (Fsp3) is 0.217. The number of hydrogen-bond acceptors (Lipinski definition) is 8. The van der Waals surface area contributed by atoms with Gasteiger partial charge in [-0.15, -0.1) is 11.3 Å². The molecule has 0 aliphatic heterocycles. The Hall–Kier alpha value is -2.79. The highest BCUT2D eigenvalue weighted by molar-refractivity contribution is 7.95. The summed E-state index contributed by atoms with van der Waals surface area (Å²) in [7, 11) is -13.9. The van der Waals surface area contributed by atoms with E-state index in [1.807, 2.05) is 0 Å². The molecule has 0 fully saturated rings. The molecule has 0 bridgehead atoms. The van der Waals surface area contributed by atoms with E-state index in [1.165, 1.54) is 24.3 Å². The number of ether oxygens (including phenoxy) is 1. The number of hydrogen-bond donors (Lipinski definition) is 2. The van der Waals surface area contributed by atoms with Crippen LogP contribution in [0.5, 0.6) is 5.75 Å². The SMILES string of the molecule is COc1ccc(S(=O)(=O)C(F)(F)F)cc1S(=O)(=O)Nc1ccccc1NS(=O)(=O)c1sc2c(c1C)C=C(Cl)CC2. The summed E-state index contributed by atoms with van der Waals surface area (Å²) >= 11 is 7.18. The molecule has 17 heteroatoms. The number of para-hydroxylation sites is 2. The van der Waals surface area contributed by atoms with Crippen molar-refractivity contribution in [3.63, 3.8) is 0 Å². The standard InChI is InChI=1S/C23H20ClF3N2O7S4/c1-13-16-11-14(24)7-10-20(16)37-22(13)40(34,35)29-18-6-4-3-5-17(18)28-39(32,33)21-12-15(8-9-19(21)36-2)38(30,31)23(25,26)27/h3-6,8-9,11-12,28-29H,7,10H2,1-2H3. The number of benzene rings is 2. The molecule has 40 heavy (non-hydrogen) atoms. The lowest BCUT2D eigenvalue weighted by atomic mass is 10.0. The zero-order valence-corrected chi connectivity index (χ0v) is 24.6. The number of nitrogens with one attached hydrogen (secondary N) is 2. The maximum Gasteiger partial charge on any atom is 0.501 e. The van der Waals surface area contributed by atoms with Gasteiger partial charge in [-0.05, 0) is 67.3 Å². The Bertz CT molecular complexity index is 1850. The highest BCUT2D eigenvalue weighted by Crippen LogP contribution is 2.40. The Kier molecular flexibility index (Phi) is 7.96. The first-order valence-electron chi connectivity index (χ1n) is 11.1. The molecular formula is C23H20ClF3N2O7S4. The molecule has 9 nitrogen and oxygen atoms in total. The molecule has 1 aliphatic carbocycles. The van der Waals surface area contributed by atoms with E-state index < -0.39 is 50.9 Å². The predicted octanol–water partition coefficient (Wildman–Crippen LogP) is 5.49. The fourth-order valence-corrected chi connectivity index (χ4v) is 9.17. The van der Waals surface area contributed by atoms with Crippen LogP contribution in [0.2, 0.25) is 0 Å². The molecule has 0 spiro atoms. The average molecular weight is 657 g/mol. The van der Waals surface area contributed by atoms with Crippen LogP contribution in [0.15, 0.2) is 61.5 Å². The monoisotopic (exact) mass is 656 g/mol. The van der Waals surface area contributed by atoms with Crippen LogP contribution in [0.25, 0.3) is 6.08 Å². The molecule has 0 saturated carbocycles. The van der Waals surface area contributed by atoms with Crippen molar-refractivity contribution in [3.8, 4) is 5.75 Å². The topological polar surface area (TPSA) is 136 Å². The van der Waals surface area contributed by atoms with Crippen molar-refractivity contribution in [2.75, 3.05) is 16.6 Å². The quantitative estimate of drug-likeness (QED) is 0.327. The molecule has 0 unspecified atom stereocenters. The zero-order chi connectivity index (χ0) is 29.7. The van der Waals surface area contributed by atoms with E-state index in [2.05, 4.69) is 9.44 Å². The Labute approximate surface area is 237 Å². The van der Waals surface area contributed by atoms with Crippen molar-refractivity contribution >= 4 is 70.3 Å².